The van der Waals surface area contributed by atoms with E-state index in [4.69, 9.17) is 9.47 Å². The van der Waals surface area contributed by atoms with Gasteiger partial charge in [0.15, 0.2) is 11.2 Å². The lowest BCUT2D eigenvalue weighted by atomic mass is 9.75. The van der Waals surface area contributed by atoms with E-state index in [2.05, 4.69) is 20.8 Å². The Morgan fingerprint density at radius 1 is 1.44 bits per heavy atom. The van der Waals surface area contributed by atoms with Crippen molar-refractivity contribution in [3.63, 3.8) is 0 Å². The smallest absolute Gasteiger partial charge is 0.197 e. The molecular weight excluding hydrogens is 248 g/mol. The number of ether oxygens (including phenoxy) is 2. The lowest BCUT2D eigenvalue weighted by molar-refractivity contribution is -0.137. The quantitative estimate of drug-likeness (QED) is 0.791. The van der Waals surface area contributed by atoms with Crippen LogP contribution in [0.4, 0.5) is 0 Å². The Balaban J connectivity index is 2.09. The highest BCUT2D eigenvalue weighted by Gasteiger charge is 2.47. The van der Waals surface area contributed by atoms with Crippen LogP contribution >= 0.6 is 11.8 Å². The first-order valence-corrected chi connectivity index (χ1v) is 7.67. The summed E-state index contributed by atoms with van der Waals surface area (Å²) < 4.78 is 11.1. The fourth-order valence-electron chi connectivity index (χ4n) is 3.18. The van der Waals surface area contributed by atoms with E-state index in [0.717, 1.165) is 6.42 Å². The van der Waals surface area contributed by atoms with Crippen LogP contribution in [0.5, 0.6) is 0 Å². The van der Waals surface area contributed by atoms with E-state index in [1.165, 1.54) is 12.8 Å². The van der Waals surface area contributed by atoms with Crippen LogP contribution < -0.4 is 0 Å². The van der Waals surface area contributed by atoms with Gasteiger partial charge >= 0.3 is 0 Å². The maximum Gasteiger partial charge on any atom is 0.197 e. The molecule has 2 aliphatic rings. The van der Waals surface area contributed by atoms with Crippen molar-refractivity contribution in [2.45, 2.75) is 56.3 Å². The summed E-state index contributed by atoms with van der Waals surface area (Å²) in [6.07, 6.45) is 3.84. The number of carbonyl (C=O) groups is 1. The molecule has 0 aromatic rings. The van der Waals surface area contributed by atoms with E-state index < -0.39 is 0 Å². The third kappa shape index (κ3) is 2.91. The molecule has 0 aromatic carbocycles. The second-order valence-corrected chi connectivity index (χ2v) is 7.87. The topological polar surface area (TPSA) is 35.5 Å². The number of methoxy groups -OCH3 is 1. The van der Waals surface area contributed by atoms with Gasteiger partial charge in [-0.05, 0) is 24.7 Å². The fourth-order valence-corrected chi connectivity index (χ4v) is 4.57. The van der Waals surface area contributed by atoms with E-state index in [-0.39, 0.29) is 28.7 Å². The molecule has 0 radical (unpaired) electrons. The summed E-state index contributed by atoms with van der Waals surface area (Å²) in [4.78, 5) is 12.0. The van der Waals surface area contributed by atoms with Crippen molar-refractivity contribution in [3.8, 4) is 0 Å². The van der Waals surface area contributed by atoms with Gasteiger partial charge in [-0.2, -0.15) is 0 Å². The number of hydrogen-bond donors (Lipinski definition) is 0. The van der Waals surface area contributed by atoms with Crippen molar-refractivity contribution in [3.05, 3.63) is 0 Å². The number of ketones is 1. The van der Waals surface area contributed by atoms with Crippen LogP contribution in [0.25, 0.3) is 0 Å². The highest BCUT2D eigenvalue weighted by molar-refractivity contribution is 8.01. The molecule has 1 aliphatic carbocycles. The Hall–Kier alpha value is -0.0600. The van der Waals surface area contributed by atoms with Crippen LogP contribution in [0.2, 0.25) is 0 Å². The van der Waals surface area contributed by atoms with E-state index in [0.29, 0.717) is 11.8 Å². The molecule has 0 amide bonds. The van der Waals surface area contributed by atoms with Crippen LogP contribution in [0.15, 0.2) is 0 Å². The summed E-state index contributed by atoms with van der Waals surface area (Å²) in [7, 11) is 1.56. The van der Waals surface area contributed by atoms with Crippen molar-refractivity contribution >= 4 is 17.5 Å². The van der Waals surface area contributed by atoms with Gasteiger partial charge in [-0.1, -0.05) is 27.2 Å². The molecule has 18 heavy (non-hydrogen) atoms. The first-order valence-electron chi connectivity index (χ1n) is 6.79. The third-order valence-corrected chi connectivity index (χ3v) is 5.70. The minimum absolute atomic E-state index is 0.0623. The molecule has 0 N–H and O–H groups in total. The van der Waals surface area contributed by atoms with Gasteiger partial charge in [-0.15, -0.1) is 11.8 Å². The number of carbonyl (C=O) groups excluding carboxylic acids is 1. The summed E-state index contributed by atoms with van der Waals surface area (Å²) in [5, 5.41) is 0. The minimum Gasteiger partial charge on any atom is -0.377 e. The van der Waals surface area contributed by atoms with Gasteiger partial charge < -0.3 is 9.47 Å². The molecule has 0 bridgehead atoms. The zero-order valence-corrected chi connectivity index (χ0v) is 12.6. The second kappa shape index (κ2) is 5.51. The first kappa shape index (κ1) is 14.4. The summed E-state index contributed by atoms with van der Waals surface area (Å²) in [6.45, 7) is 6.93. The van der Waals surface area contributed by atoms with Crippen LogP contribution in [0, 0.1) is 11.8 Å². The molecule has 104 valence electrons. The van der Waals surface area contributed by atoms with Crippen LogP contribution in [-0.2, 0) is 14.3 Å². The predicted octanol–water partition coefficient (Wildman–Crippen LogP) is 2.87. The Morgan fingerprint density at radius 3 is 2.83 bits per heavy atom. The zero-order valence-electron chi connectivity index (χ0n) is 11.8. The molecule has 4 heteroatoms. The van der Waals surface area contributed by atoms with Crippen molar-refractivity contribution in [2.75, 3.05) is 13.7 Å². The number of Topliss-reactive ketones (excluding diaryl/α,β-unsaturated/α-hetero) is 1. The predicted molar refractivity (Wildman–Crippen MR) is 73.7 cm³/mol. The van der Waals surface area contributed by atoms with Crippen molar-refractivity contribution in [1.29, 1.82) is 0 Å². The van der Waals surface area contributed by atoms with E-state index in [1.54, 1.807) is 18.9 Å². The summed E-state index contributed by atoms with van der Waals surface area (Å²) in [6, 6.07) is 0. The zero-order chi connectivity index (χ0) is 13.3. The number of fused-ring (bicyclic) bond motifs is 1. The van der Waals surface area contributed by atoms with Crippen LogP contribution in [0.1, 0.15) is 40.0 Å². The molecule has 2 fully saturated rings. The normalized spacial score (nSPS) is 39.1. The SMILES string of the molecule is COCC(=O)[C@H]1O[C@@H]2C[C@H](C)CC[C@@H]2C(C)(C)S1. The highest BCUT2D eigenvalue weighted by atomic mass is 32.2. The summed E-state index contributed by atoms with van der Waals surface area (Å²) in [5.41, 5.74) is -0.341. The molecule has 4 atom stereocenters. The Labute approximate surface area is 114 Å². The average Bonchev–Trinajstić information content (AvgIpc) is 2.27. The minimum atomic E-state index is -0.341. The lowest BCUT2D eigenvalue weighted by Crippen LogP contribution is -2.51. The molecule has 3 nitrogen and oxygen atoms in total. The van der Waals surface area contributed by atoms with Crippen molar-refractivity contribution < 1.29 is 14.3 Å². The Morgan fingerprint density at radius 2 is 2.17 bits per heavy atom. The maximum absolute atomic E-state index is 12.0. The molecule has 1 aliphatic heterocycles. The highest BCUT2D eigenvalue weighted by Crippen LogP contribution is 2.50. The standard InChI is InChI=1S/C14H24O3S/c1-9-5-6-10-12(7-9)17-13(11(15)8-16-4)18-14(10,2)3/h9-10,12-13H,5-8H2,1-4H3/t9-,10+,12-,13+/m1/s1. The second-order valence-electron chi connectivity index (χ2n) is 6.15. The van der Waals surface area contributed by atoms with Gasteiger partial charge in [0.2, 0.25) is 0 Å². The third-order valence-electron chi connectivity index (χ3n) is 4.21. The van der Waals surface area contributed by atoms with Gasteiger partial charge in [-0.25, -0.2) is 0 Å². The molecular formula is C14H24O3S. The molecule has 0 unspecified atom stereocenters. The van der Waals surface area contributed by atoms with Gasteiger partial charge in [0.1, 0.15) is 6.61 Å². The van der Waals surface area contributed by atoms with Crippen LogP contribution in [0.3, 0.4) is 0 Å². The van der Waals surface area contributed by atoms with Gasteiger partial charge in [-0.3, -0.25) is 4.79 Å². The number of hydrogen-bond acceptors (Lipinski definition) is 4. The summed E-state index contributed by atoms with van der Waals surface area (Å²) in [5.74, 6) is 1.35. The van der Waals surface area contributed by atoms with E-state index in [9.17, 15) is 4.79 Å². The van der Waals surface area contributed by atoms with Gasteiger partial charge in [0.05, 0.1) is 6.10 Å². The molecule has 2 rings (SSSR count). The van der Waals surface area contributed by atoms with E-state index >= 15 is 0 Å². The van der Waals surface area contributed by atoms with Gasteiger partial charge in [0.25, 0.3) is 0 Å². The Bertz CT molecular complexity index is 316. The first-order chi connectivity index (χ1) is 8.44. The molecule has 0 aromatic heterocycles. The molecule has 0 spiro atoms. The van der Waals surface area contributed by atoms with Gasteiger partial charge in [0, 0.05) is 11.9 Å². The fraction of sp³-hybridized carbons (Fsp3) is 0.929. The van der Waals surface area contributed by atoms with Crippen molar-refractivity contribution in [2.24, 2.45) is 11.8 Å². The largest absolute Gasteiger partial charge is 0.377 e. The molecule has 1 saturated heterocycles. The Kier molecular flexibility index (Phi) is 4.40. The molecule has 1 heterocycles. The monoisotopic (exact) mass is 272 g/mol. The number of thioether (sulfide) groups is 1. The number of rotatable bonds is 3. The van der Waals surface area contributed by atoms with Crippen LogP contribution in [-0.4, -0.2) is 35.8 Å². The lowest BCUT2D eigenvalue weighted by Gasteiger charge is -2.49. The van der Waals surface area contributed by atoms with E-state index in [1.807, 2.05) is 0 Å². The average molecular weight is 272 g/mol. The summed E-state index contributed by atoms with van der Waals surface area (Å²) >= 11 is 1.67. The van der Waals surface area contributed by atoms with Crippen molar-refractivity contribution in [1.82, 2.24) is 0 Å². The maximum atomic E-state index is 12.0. The molecule has 1 saturated carbocycles.